The summed E-state index contributed by atoms with van der Waals surface area (Å²) in [6, 6.07) is 0. The summed E-state index contributed by atoms with van der Waals surface area (Å²) in [6.07, 6.45) is -7.45. The largest absolute Gasteiger partial charge is 0.481 e. The Bertz CT molecular complexity index is 644. The Balaban J connectivity index is 3.43. The van der Waals surface area contributed by atoms with Crippen LogP contribution in [0.1, 0.15) is 34.1 Å². The highest BCUT2D eigenvalue weighted by molar-refractivity contribution is 5.70. The maximum atomic E-state index is 11.6. The molecule has 5 atom stereocenters. The van der Waals surface area contributed by atoms with Crippen molar-refractivity contribution in [1.82, 2.24) is 0 Å². The first kappa shape index (κ1) is 23.3. The van der Waals surface area contributed by atoms with Crippen LogP contribution in [0.4, 0.5) is 0 Å². The van der Waals surface area contributed by atoms with Crippen LogP contribution in [0.15, 0.2) is 0 Å². The predicted octanol–water partition coefficient (Wildman–Crippen LogP) is -1.09. The van der Waals surface area contributed by atoms with E-state index in [0.29, 0.717) is 0 Å². The third-order valence-electron chi connectivity index (χ3n) is 3.54. The summed E-state index contributed by atoms with van der Waals surface area (Å²) in [5.74, 6) is -7.63. The molecule has 0 amide bonds. The third kappa shape index (κ3) is 6.46. The normalized spacial score (nSPS) is 29.3. The molecule has 12 nitrogen and oxygen atoms in total. The molecule has 0 radical (unpaired) electrons. The van der Waals surface area contributed by atoms with Crippen LogP contribution in [0.5, 0.6) is 0 Å². The molecule has 2 N–H and O–H groups in total. The number of carbonyl (C=O) groups is 5. The zero-order valence-corrected chi connectivity index (χ0v) is 15.7. The molecule has 0 saturated carbocycles. The first-order chi connectivity index (χ1) is 12.9. The highest BCUT2D eigenvalue weighted by atomic mass is 16.7. The first-order valence-electron chi connectivity index (χ1n) is 8.12. The van der Waals surface area contributed by atoms with Gasteiger partial charge >= 0.3 is 29.8 Å². The van der Waals surface area contributed by atoms with Gasteiger partial charge in [-0.1, -0.05) is 0 Å². The minimum Gasteiger partial charge on any atom is -0.481 e. The van der Waals surface area contributed by atoms with Gasteiger partial charge in [0.1, 0.15) is 19.1 Å². The smallest absolute Gasteiger partial charge is 0.308 e. The second-order valence-corrected chi connectivity index (χ2v) is 6.05. The molecule has 158 valence electrons. The Morgan fingerprint density at radius 1 is 0.857 bits per heavy atom. The maximum Gasteiger partial charge on any atom is 0.308 e. The van der Waals surface area contributed by atoms with Gasteiger partial charge < -0.3 is 33.9 Å². The minimum atomic E-state index is -2.67. The van der Waals surface area contributed by atoms with Crippen molar-refractivity contribution < 1.29 is 57.9 Å². The molecule has 0 bridgehead atoms. The summed E-state index contributed by atoms with van der Waals surface area (Å²) in [4.78, 5) is 56.9. The van der Waals surface area contributed by atoms with Gasteiger partial charge in [0, 0.05) is 27.7 Å². The van der Waals surface area contributed by atoms with Gasteiger partial charge in [0.05, 0.1) is 0 Å². The van der Waals surface area contributed by atoms with Gasteiger partial charge in [-0.15, -0.1) is 0 Å². The third-order valence-corrected chi connectivity index (χ3v) is 3.54. The topological polar surface area (TPSA) is 172 Å². The molecule has 12 heteroatoms. The average molecular weight is 406 g/mol. The molecule has 1 saturated heterocycles. The number of hydrogen-bond donors (Lipinski definition) is 2. The minimum absolute atomic E-state index is 0.570. The fraction of sp³-hybridized carbons (Fsp3) is 0.688. The highest BCUT2D eigenvalue weighted by Gasteiger charge is 2.60. The van der Waals surface area contributed by atoms with Gasteiger partial charge in [0.25, 0.3) is 0 Å². The van der Waals surface area contributed by atoms with Gasteiger partial charge in [-0.25, -0.2) is 0 Å². The van der Waals surface area contributed by atoms with Crippen molar-refractivity contribution in [3.05, 3.63) is 0 Å². The molecule has 1 heterocycles. The van der Waals surface area contributed by atoms with Crippen LogP contribution in [0.2, 0.25) is 0 Å². The maximum absolute atomic E-state index is 11.6. The average Bonchev–Trinajstić information content (AvgIpc) is 2.50. The predicted molar refractivity (Wildman–Crippen MR) is 85.4 cm³/mol. The van der Waals surface area contributed by atoms with E-state index >= 15 is 0 Å². The molecule has 0 aromatic heterocycles. The van der Waals surface area contributed by atoms with Gasteiger partial charge in [-0.2, -0.15) is 0 Å². The molecular formula is C16H22O12. The van der Waals surface area contributed by atoms with Crippen LogP contribution in [0.25, 0.3) is 0 Å². The number of carboxylic acids is 1. The Kier molecular flexibility index (Phi) is 7.88. The lowest BCUT2D eigenvalue weighted by Crippen LogP contribution is -2.68. The van der Waals surface area contributed by atoms with Crippen LogP contribution >= 0.6 is 0 Å². The van der Waals surface area contributed by atoms with Crippen molar-refractivity contribution in [1.29, 1.82) is 0 Å². The van der Waals surface area contributed by atoms with Crippen molar-refractivity contribution in [3.8, 4) is 0 Å². The molecule has 28 heavy (non-hydrogen) atoms. The second-order valence-electron chi connectivity index (χ2n) is 6.05. The summed E-state index contributed by atoms with van der Waals surface area (Å²) in [7, 11) is 0. The molecule has 1 fully saturated rings. The zero-order valence-electron chi connectivity index (χ0n) is 15.7. The van der Waals surface area contributed by atoms with Crippen LogP contribution in [0.3, 0.4) is 0 Å². The number of carboxylic acid groups (broad SMARTS) is 1. The van der Waals surface area contributed by atoms with Crippen molar-refractivity contribution in [2.24, 2.45) is 0 Å². The van der Waals surface area contributed by atoms with E-state index in [0.717, 1.165) is 27.7 Å². The number of aliphatic hydroxyl groups is 1. The Labute approximate surface area is 159 Å². The van der Waals surface area contributed by atoms with E-state index in [9.17, 15) is 29.1 Å². The van der Waals surface area contributed by atoms with Gasteiger partial charge in [-0.05, 0) is 0 Å². The first-order valence-corrected chi connectivity index (χ1v) is 8.12. The fourth-order valence-electron chi connectivity index (χ4n) is 2.72. The molecule has 0 aromatic carbocycles. The standard InChI is InChI=1S/C16H22O12/c1-7(17)24-6-11-13(25-8(2)18)14(26-9(3)19)15(27-10(4)20)16(23,28-11)5-12(21)22/h11,13-15,23H,5-6H2,1-4H3,(H,21,22)/t11-,13-,14+,15-,16+/m1/s1. The SMILES string of the molecule is CC(=O)OC[C@H]1O[C@@](O)(CC(=O)O)[C@H](OC(C)=O)[C@@H](OC(C)=O)[C@@H]1OC(C)=O. The van der Waals surface area contributed by atoms with Gasteiger partial charge in [-0.3, -0.25) is 24.0 Å². The van der Waals surface area contributed by atoms with Crippen LogP contribution in [-0.4, -0.2) is 76.9 Å². The molecule has 0 unspecified atom stereocenters. The number of ether oxygens (including phenoxy) is 5. The van der Waals surface area contributed by atoms with E-state index in [2.05, 4.69) is 0 Å². The number of esters is 4. The summed E-state index contributed by atoms with van der Waals surface area (Å²) < 4.78 is 25.2. The van der Waals surface area contributed by atoms with Crippen molar-refractivity contribution in [3.63, 3.8) is 0 Å². The summed E-state index contributed by atoms with van der Waals surface area (Å²) in [6.45, 7) is 3.52. The van der Waals surface area contributed by atoms with Crippen LogP contribution < -0.4 is 0 Å². The van der Waals surface area contributed by atoms with Crippen molar-refractivity contribution >= 4 is 29.8 Å². The summed E-state index contributed by atoms with van der Waals surface area (Å²) in [5, 5.41) is 19.9. The second kappa shape index (κ2) is 9.46. The van der Waals surface area contributed by atoms with E-state index in [1.54, 1.807) is 0 Å². The molecule has 1 aliphatic heterocycles. The number of aliphatic carboxylic acids is 1. The van der Waals surface area contributed by atoms with E-state index in [1.807, 2.05) is 0 Å². The highest BCUT2D eigenvalue weighted by Crippen LogP contribution is 2.36. The molecule has 0 aromatic rings. The lowest BCUT2D eigenvalue weighted by atomic mass is 9.90. The molecule has 0 spiro atoms. The lowest BCUT2D eigenvalue weighted by Gasteiger charge is -2.48. The lowest BCUT2D eigenvalue weighted by molar-refractivity contribution is -0.351. The van der Waals surface area contributed by atoms with E-state index < -0.39 is 73.1 Å². The summed E-state index contributed by atoms with van der Waals surface area (Å²) in [5.41, 5.74) is 0. The molecule has 1 rings (SSSR count). The fourth-order valence-corrected chi connectivity index (χ4v) is 2.72. The van der Waals surface area contributed by atoms with Gasteiger partial charge in [0.15, 0.2) is 18.3 Å². The molecular weight excluding hydrogens is 384 g/mol. The quantitative estimate of drug-likeness (QED) is 0.387. The molecule has 0 aliphatic carbocycles. The molecule has 1 aliphatic rings. The van der Waals surface area contributed by atoms with Crippen molar-refractivity contribution in [2.45, 2.75) is 64.3 Å². The van der Waals surface area contributed by atoms with Gasteiger partial charge in [0.2, 0.25) is 5.79 Å². The van der Waals surface area contributed by atoms with E-state index in [1.165, 1.54) is 0 Å². The van der Waals surface area contributed by atoms with Crippen molar-refractivity contribution in [2.75, 3.05) is 6.61 Å². The Hall–Kier alpha value is -2.73. The number of carbonyl (C=O) groups excluding carboxylic acids is 4. The van der Waals surface area contributed by atoms with E-state index in [-0.39, 0.29) is 0 Å². The van der Waals surface area contributed by atoms with Crippen LogP contribution in [0, 0.1) is 0 Å². The zero-order chi connectivity index (χ0) is 21.6. The Morgan fingerprint density at radius 3 is 1.79 bits per heavy atom. The monoisotopic (exact) mass is 406 g/mol. The van der Waals surface area contributed by atoms with Crippen LogP contribution in [-0.2, 0) is 47.7 Å². The Morgan fingerprint density at radius 2 is 1.36 bits per heavy atom. The summed E-state index contributed by atoms with van der Waals surface area (Å²) >= 11 is 0. The number of rotatable bonds is 7. The van der Waals surface area contributed by atoms with E-state index in [4.69, 9.17) is 28.8 Å². The number of hydrogen-bond acceptors (Lipinski definition) is 11.